The minimum absolute atomic E-state index is 0.0212. The van der Waals surface area contributed by atoms with Gasteiger partial charge in [-0.05, 0) is 42.7 Å². The first kappa shape index (κ1) is 22.1. The fourth-order valence-electron chi connectivity index (χ4n) is 3.85. The highest BCUT2D eigenvalue weighted by Crippen LogP contribution is 2.31. The van der Waals surface area contributed by atoms with Crippen molar-refractivity contribution in [2.24, 2.45) is 5.92 Å². The smallest absolute Gasteiger partial charge is 0.253 e. The predicted molar refractivity (Wildman–Crippen MR) is 135 cm³/mol. The second kappa shape index (κ2) is 10.0. The molecule has 1 saturated heterocycles. The van der Waals surface area contributed by atoms with E-state index in [0.717, 1.165) is 34.0 Å². The Labute approximate surface area is 204 Å². The van der Waals surface area contributed by atoms with Gasteiger partial charge in [-0.2, -0.15) is 0 Å². The number of para-hydroxylation sites is 1. The van der Waals surface area contributed by atoms with Crippen LogP contribution >= 0.6 is 34.4 Å². The van der Waals surface area contributed by atoms with Crippen molar-refractivity contribution in [1.29, 1.82) is 0 Å². The van der Waals surface area contributed by atoms with Gasteiger partial charge in [0.15, 0.2) is 9.47 Å². The zero-order valence-electron chi connectivity index (χ0n) is 17.8. The molecular weight excluding hydrogens is 472 g/mol. The van der Waals surface area contributed by atoms with Gasteiger partial charge in [-0.25, -0.2) is 9.97 Å². The molecule has 6 nitrogen and oxygen atoms in total. The van der Waals surface area contributed by atoms with Crippen LogP contribution in [0, 0.1) is 5.92 Å². The molecule has 4 aromatic rings. The number of thiazole rings is 2. The van der Waals surface area contributed by atoms with Crippen molar-refractivity contribution in [3.63, 3.8) is 0 Å². The summed E-state index contributed by atoms with van der Waals surface area (Å²) in [6, 6.07) is 15.9. The standard InChI is InChI=1S/C24H22N4O2S3/c29-21(27-23-25-11-13-31-23)18-4-3-12-28(14-18)22(30)17-9-7-16(8-10-17)15-32-24-26-19-5-1-2-6-20(19)33-24/h1-2,5-11,13,18H,3-4,12,14-15H2,(H,25,27,29). The Balaban J connectivity index is 1.17. The predicted octanol–water partition coefficient (Wildman–Crippen LogP) is 5.54. The maximum atomic E-state index is 13.0. The molecule has 5 rings (SSSR count). The molecule has 1 N–H and O–H groups in total. The first-order valence-corrected chi connectivity index (χ1v) is 13.4. The van der Waals surface area contributed by atoms with Gasteiger partial charge < -0.3 is 10.2 Å². The summed E-state index contributed by atoms with van der Waals surface area (Å²) >= 11 is 4.81. The number of thioether (sulfide) groups is 1. The van der Waals surface area contributed by atoms with E-state index in [4.69, 9.17) is 0 Å². The molecule has 9 heteroatoms. The molecule has 1 fully saturated rings. The summed E-state index contributed by atoms with van der Waals surface area (Å²) in [5.74, 6) is 0.504. The lowest BCUT2D eigenvalue weighted by Crippen LogP contribution is -2.43. The van der Waals surface area contributed by atoms with Crippen LogP contribution < -0.4 is 5.32 Å². The van der Waals surface area contributed by atoms with Crippen molar-refractivity contribution in [2.75, 3.05) is 18.4 Å². The molecule has 168 valence electrons. The van der Waals surface area contributed by atoms with E-state index < -0.39 is 0 Å². The first-order chi connectivity index (χ1) is 16.2. The third kappa shape index (κ3) is 5.26. The van der Waals surface area contributed by atoms with Crippen molar-refractivity contribution in [3.8, 4) is 0 Å². The van der Waals surface area contributed by atoms with Gasteiger partial charge in [0.2, 0.25) is 5.91 Å². The van der Waals surface area contributed by atoms with Crippen LogP contribution in [-0.4, -0.2) is 39.8 Å². The van der Waals surface area contributed by atoms with Crippen LogP contribution in [0.25, 0.3) is 10.2 Å². The molecule has 2 amide bonds. The molecule has 0 saturated carbocycles. The van der Waals surface area contributed by atoms with E-state index in [1.54, 1.807) is 34.2 Å². The molecule has 3 heterocycles. The topological polar surface area (TPSA) is 75.2 Å². The minimum Gasteiger partial charge on any atom is -0.338 e. The van der Waals surface area contributed by atoms with Gasteiger partial charge in [0.05, 0.1) is 16.1 Å². The summed E-state index contributed by atoms with van der Waals surface area (Å²) in [6.07, 6.45) is 3.26. The van der Waals surface area contributed by atoms with Crippen LogP contribution in [0.1, 0.15) is 28.8 Å². The maximum absolute atomic E-state index is 13.0. The van der Waals surface area contributed by atoms with Gasteiger partial charge in [-0.15, -0.1) is 22.7 Å². The summed E-state index contributed by atoms with van der Waals surface area (Å²) in [4.78, 5) is 36.2. The number of hydrogen-bond donors (Lipinski definition) is 1. The number of carbonyl (C=O) groups excluding carboxylic acids is 2. The van der Waals surface area contributed by atoms with Gasteiger partial charge in [-0.3, -0.25) is 9.59 Å². The number of rotatable bonds is 6. The second-order valence-corrected chi connectivity index (χ2v) is 11.0. The lowest BCUT2D eigenvalue weighted by Gasteiger charge is -2.32. The molecule has 2 aromatic heterocycles. The van der Waals surface area contributed by atoms with Crippen LogP contribution in [0.2, 0.25) is 0 Å². The third-order valence-corrected chi connectivity index (χ3v) is 8.52. The SMILES string of the molecule is O=C(Nc1nccs1)C1CCCN(C(=O)c2ccc(CSc3nc4ccccc4s3)cc2)C1. The van der Waals surface area contributed by atoms with Gasteiger partial charge in [0.1, 0.15) is 0 Å². The Kier molecular flexibility index (Phi) is 6.70. The van der Waals surface area contributed by atoms with E-state index in [9.17, 15) is 9.59 Å². The molecule has 0 spiro atoms. The number of fused-ring (bicyclic) bond motifs is 1. The summed E-state index contributed by atoms with van der Waals surface area (Å²) in [5, 5.41) is 5.28. The summed E-state index contributed by atoms with van der Waals surface area (Å²) < 4.78 is 2.24. The highest BCUT2D eigenvalue weighted by atomic mass is 32.2. The molecule has 0 bridgehead atoms. The largest absolute Gasteiger partial charge is 0.338 e. The fourth-order valence-corrected chi connectivity index (χ4v) is 6.41. The Morgan fingerprint density at radius 3 is 2.79 bits per heavy atom. The Morgan fingerprint density at radius 2 is 2.00 bits per heavy atom. The molecule has 0 radical (unpaired) electrons. The average molecular weight is 495 g/mol. The molecule has 33 heavy (non-hydrogen) atoms. The van der Waals surface area contributed by atoms with Gasteiger partial charge in [0.25, 0.3) is 5.91 Å². The normalized spacial score (nSPS) is 16.1. The van der Waals surface area contributed by atoms with Crippen molar-refractivity contribution in [2.45, 2.75) is 22.9 Å². The maximum Gasteiger partial charge on any atom is 0.253 e. The van der Waals surface area contributed by atoms with Crippen molar-refractivity contribution < 1.29 is 9.59 Å². The molecule has 0 aliphatic carbocycles. The number of piperidine rings is 1. The third-order valence-electron chi connectivity index (χ3n) is 5.58. The molecule has 2 aromatic carbocycles. The lowest BCUT2D eigenvalue weighted by molar-refractivity contribution is -0.121. The van der Waals surface area contributed by atoms with Gasteiger partial charge >= 0.3 is 0 Å². The van der Waals surface area contributed by atoms with Crippen LogP contribution in [-0.2, 0) is 10.5 Å². The Morgan fingerprint density at radius 1 is 1.15 bits per heavy atom. The number of aromatic nitrogens is 2. The van der Waals surface area contributed by atoms with Gasteiger partial charge in [0, 0.05) is 36.0 Å². The van der Waals surface area contributed by atoms with Crippen molar-refractivity contribution >= 4 is 61.6 Å². The van der Waals surface area contributed by atoms with E-state index in [1.807, 2.05) is 47.8 Å². The first-order valence-electron chi connectivity index (χ1n) is 10.7. The van der Waals surface area contributed by atoms with E-state index in [2.05, 4.69) is 21.4 Å². The van der Waals surface area contributed by atoms with Gasteiger partial charge in [-0.1, -0.05) is 36.0 Å². The number of amides is 2. The highest BCUT2D eigenvalue weighted by Gasteiger charge is 2.29. The zero-order valence-corrected chi connectivity index (χ0v) is 20.2. The Bertz CT molecular complexity index is 1220. The van der Waals surface area contributed by atoms with E-state index in [1.165, 1.54) is 16.0 Å². The van der Waals surface area contributed by atoms with E-state index >= 15 is 0 Å². The van der Waals surface area contributed by atoms with E-state index in [-0.39, 0.29) is 17.7 Å². The molecule has 1 unspecified atom stereocenters. The fraction of sp³-hybridized carbons (Fsp3) is 0.250. The quantitative estimate of drug-likeness (QED) is 0.357. The van der Waals surface area contributed by atoms with E-state index in [0.29, 0.717) is 23.8 Å². The minimum atomic E-state index is -0.212. The molecule has 1 atom stereocenters. The number of nitrogens with one attached hydrogen (secondary N) is 1. The molecule has 1 aliphatic heterocycles. The number of nitrogens with zero attached hydrogens (tertiary/aromatic N) is 3. The van der Waals surface area contributed by atoms with Crippen LogP contribution in [0.15, 0.2) is 64.4 Å². The second-order valence-electron chi connectivity index (χ2n) is 7.85. The number of hydrogen-bond acceptors (Lipinski definition) is 7. The Hall–Kier alpha value is -2.75. The lowest BCUT2D eigenvalue weighted by atomic mass is 9.96. The highest BCUT2D eigenvalue weighted by molar-refractivity contribution is 8.00. The van der Waals surface area contributed by atoms with Crippen molar-refractivity contribution in [1.82, 2.24) is 14.9 Å². The van der Waals surface area contributed by atoms with Crippen LogP contribution in [0.5, 0.6) is 0 Å². The molecule has 1 aliphatic rings. The monoisotopic (exact) mass is 494 g/mol. The van der Waals surface area contributed by atoms with Crippen LogP contribution in [0.3, 0.4) is 0 Å². The summed E-state index contributed by atoms with van der Waals surface area (Å²) in [7, 11) is 0. The van der Waals surface area contributed by atoms with Crippen LogP contribution in [0.4, 0.5) is 5.13 Å². The molecular formula is C24H22N4O2S3. The number of carbonyl (C=O) groups is 2. The summed E-state index contributed by atoms with van der Waals surface area (Å²) in [6.45, 7) is 1.11. The number of anilines is 1. The number of benzene rings is 2. The zero-order chi connectivity index (χ0) is 22.6. The van der Waals surface area contributed by atoms with Crippen molar-refractivity contribution in [3.05, 3.63) is 71.2 Å². The number of likely N-dealkylation sites (tertiary alicyclic amines) is 1. The average Bonchev–Trinajstić information content (AvgIpc) is 3.52. The summed E-state index contributed by atoms with van der Waals surface area (Å²) in [5.41, 5.74) is 2.84.